The van der Waals surface area contributed by atoms with Crippen LogP contribution in [0.15, 0.2) is 48.7 Å². The molecule has 4 rings (SSSR count). The fourth-order valence-corrected chi connectivity index (χ4v) is 3.56. The Labute approximate surface area is 129 Å². The van der Waals surface area contributed by atoms with Gasteiger partial charge in [0.1, 0.15) is 0 Å². The summed E-state index contributed by atoms with van der Waals surface area (Å²) in [4.78, 5) is 0. The topological polar surface area (TPSA) is 7.94 Å². The first-order valence-electron chi connectivity index (χ1n) is 6.37. The summed E-state index contributed by atoms with van der Waals surface area (Å²) >= 11 is 2.18. The van der Waals surface area contributed by atoms with Crippen LogP contribution in [0.3, 0.4) is 0 Å². The van der Waals surface area contributed by atoms with E-state index in [0.29, 0.717) is 12.4 Å². The molecule has 1 aliphatic rings. The Bertz CT molecular complexity index is 844. The first-order chi connectivity index (χ1) is 9.74. The third-order valence-corrected chi connectivity index (χ3v) is 4.51. The molecular weight excluding hydrogens is 366 g/mol. The fourth-order valence-electron chi connectivity index (χ4n) is 2.78. The molecule has 1 aromatic heterocycles. The van der Waals surface area contributed by atoms with Crippen molar-refractivity contribution in [3.05, 3.63) is 63.6 Å². The number of nitrogens with zero attached hydrogens (tertiary/aromatic N) is 2. The molecule has 0 aliphatic carbocycles. The maximum Gasteiger partial charge on any atom is 0.256 e. The lowest BCUT2D eigenvalue weighted by molar-refractivity contribution is -0.474. The SMILES string of the molecule is Fc1cccc(I)c1[N+]1=Cc2cccc3ccn(c23)C1. The average Bonchev–Trinajstić information content (AvgIpc) is 2.84. The summed E-state index contributed by atoms with van der Waals surface area (Å²) in [5, 5.41) is 1.22. The van der Waals surface area contributed by atoms with Crippen molar-refractivity contribution in [3.8, 4) is 0 Å². The molecule has 98 valence electrons. The summed E-state index contributed by atoms with van der Waals surface area (Å²) in [6, 6.07) is 13.5. The maximum absolute atomic E-state index is 14.2. The van der Waals surface area contributed by atoms with E-state index in [9.17, 15) is 4.39 Å². The van der Waals surface area contributed by atoms with Crippen LogP contribution in [0.2, 0.25) is 0 Å². The number of rotatable bonds is 1. The molecule has 0 radical (unpaired) electrons. The summed E-state index contributed by atoms with van der Waals surface area (Å²) in [6.07, 6.45) is 4.09. The molecule has 0 amide bonds. The van der Waals surface area contributed by atoms with E-state index in [2.05, 4.69) is 51.6 Å². The van der Waals surface area contributed by atoms with Crippen LogP contribution in [-0.4, -0.2) is 15.4 Å². The summed E-state index contributed by atoms with van der Waals surface area (Å²) in [5.41, 5.74) is 2.98. The number of hydrogen-bond donors (Lipinski definition) is 0. The second-order valence-corrected chi connectivity index (χ2v) is 6.04. The highest BCUT2D eigenvalue weighted by Crippen LogP contribution is 2.29. The summed E-state index contributed by atoms with van der Waals surface area (Å²) in [7, 11) is 0. The molecule has 20 heavy (non-hydrogen) atoms. The van der Waals surface area contributed by atoms with Crippen LogP contribution < -0.4 is 0 Å². The molecule has 0 unspecified atom stereocenters. The number of aromatic nitrogens is 1. The molecule has 0 bridgehead atoms. The van der Waals surface area contributed by atoms with Crippen molar-refractivity contribution in [2.75, 3.05) is 0 Å². The Morgan fingerprint density at radius 2 is 1.95 bits per heavy atom. The van der Waals surface area contributed by atoms with Crippen LogP contribution in [0, 0.1) is 9.39 Å². The van der Waals surface area contributed by atoms with Gasteiger partial charge in [-0.05, 0) is 46.9 Å². The van der Waals surface area contributed by atoms with E-state index in [4.69, 9.17) is 0 Å². The van der Waals surface area contributed by atoms with Crippen LogP contribution in [0.1, 0.15) is 5.56 Å². The van der Waals surface area contributed by atoms with Crippen molar-refractivity contribution in [2.45, 2.75) is 6.67 Å². The molecule has 0 N–H and O–H groups in total. The van der Waals surface area contributed by atoms with Gasteiger partial charge in [-0.25, -0.2) is 0 Å². The lowest BCUT2D eigenvalue weighted by atomic mass is 10.1. The molecular formula is C16H11FIN2+. The van der Waals surface area contributed by atoms with E-state index in [-0.39, 0.29) is 5.82 Å². The molecule has 2 heterocycles. The van der Waals surface area contributed by atoms with Gasteiger partial charge in [0, 0.05) is 11.6 Å². The quantitative estimate of drug-likeness (QED) is 0.445. The lowest BCUT2D eigenvalue weighted by Gasteiger charge is -2.13. The summed E-state index contributed by atoms with van der Waals surface area (Å²) in [5.74, 6) is -0.184. The van der Waals surface area contributed by atoms with Crippen molar-refractivity contribution in [1.82, 2.24) is 4.57 Å². The highest BCUT2D eigenvalue weighted by molar-refractivity contribution is 14.1. The van der Waals surface area contributed by atoms with Crippen molar-refractivity contribution >= 4 is 45.4 Å². The van der Waals surface area contributed by atoms with Crippen molar-refractivity contribution in [1.29, 1.82) is 0 Å². The van der Waals surface area contributed by atoms with Crippen LogP contribution in [-0.2, 0) is 6.67 Å². The normalized spacial score (nSPS) is 13.6. The minimum absolute atomic E-state index is 0.184. The van der Waals surface area contributed by atoms with Gasteiger partial charge in [0.25, 0.3) is 5.69 Å². The first kappa shape index (κ1) is 12.1. The lowest BCUT2D eigenvalue weighted by Crippen LogP contribution is -2.19. The summed E-state index contributed by atoms with van der Waals surface area (Å²) < 4.78 is 19.2. The molecule has 2 nitrogen and oxygen atoms in total. The zero-order valence-electron chi connectivity index (χ0n) is 10.6. The zero-order valence-corrected chi connectivity index (χ0v) is 12.7. The van der Waals surface area contributed by atoms with E-state index in [1.165, 1.54) is 17.0 Å². The monoisotopic (exact) mass is 377 g/mol. The maximum atomic E-state index is 14.2. The Morgan fingerprint density at radius 3 is 2.80 bits per heavy atom. The Kier molecular flexibility index (Phi) is 2.66. The third kappa shape index (κ3) is 1.71. The second-order valence-electron chi connectivity index (χ2n) is 4.88. The number of hydrogen-bond acceptors (Lipinski definition) is 0. The van der Waals surface area contributed by atoms with Gasteiger partial charge >= 0.3 is 0 Å². The van der Waals surface area contributed by atoms with Crippen molar-refractivity contribution in [3.63, 3.8) is 0 Å². The van der Waals surface area contributed by atoms with Gasteiger partial charge < -0.3 is 0 Å². The molecule has 0 saturated carbocycles. The molecule has 4 heteroatoms. The second kappa shape index (κ2) is 4.41. The molecule has 2 aromatic carbocycles. The smallest absolute Gasteiger partial charge is 0.256 e. The minimum atomic E-state index is -0.184. The average molecular weight is 377 g/mol. The van der Waals surface area contributed by atoms with Crippen molar-refractivity contribution in [2.24, 2.45) is 0 Å². The van der Waals surface area contributed by atoms with Gasteiger partial charge in [0.05, 0.1) is 14.7 Å². The highest BCUT2D eigenvalue weighted by atomic mass is 127. The molecule has 1 aliphatic heterocycles. The predicted octanol–water partition coefficient (Wildman–Crippen LogP) is 4.12. The molecule has 0 atom stereocenters. The fraction of sp³-hybridized carbons (Fsp3) is 0.0625. The zero-order chi connectivity index (χ0) is 13.7. The van der Waals surface area contributed by atoms with Gasteiger partial charge in [0.15, 0.2) is 12.0 Å². The van der Waals surface area contributed by atoms with Gasteiger partial charge in [-0.1, -0.05) is 18.2 Å². The van der Waals surface area contributed by atoms with E-state index >= 15 is 0 Å². The predicted molar refractivity (Wildman–Crippen MR) is 86.1 cm³/mol. The van der Waals surface area contributed by atoms with Crippen LogP contribution in [0.4, 0.5) is 10.1 Å². The largest absolute Gasteiger partial charge is 0.291 e. The summed E-state index contributed by atoms with van der Waals surface area (Å²) in [6.45, 7) is 0.636. The Morgan fingerprint density at radius 1 is 1.10 bits per heavy atom. The first-order valence-corrected chi connectivity index (χ1v) is 7.45. The standard InChI is InChI=1S/C16H11FIN2/c17-13-5-2-6-14(18)16(13)20-9-12-4-1-3-11-7-8-19(10-20)15(11)12/h1-9H,10H2/q+1. The van der Waals surface area contributed by atoms with E-state index in [1.807, 2.05) is 22.9 Å². The number of benzene rings is 2. The van der Waals surface area contributed by atoms with Crippen molar-refractivity contribution < 1.29 is 8.97 Å². The number of para-hydroxylation sites is 2. The van der Waals surface area contributed by atoms with Crippen LogP contribution in [0.25, 0.3) is 10.9 Å². The number of halogens is 2. The molecule has 3 aromatic rings. The minimum Gasteiger partial charge on any atom is -0.291 e. The van der Waals surface area contributed by atoms with Gasteiger partial charge in [-0.3, -0.25) is 4.57 Å². The Balaban J connectivity index is 1.97. The Hall–Kier alpha value is -1.69. The van der Waals surface area contributed by atoms with Crippen LogP contribution in [0.5, 0.6) is 0 Å². The van der Waals surface area contributed by atoms with E-state index in [1.54, 1.807) is 6.07 Å². The van der Waals surface area contributed by atoms with E-state index < -0.39 is 0 Å². The van der Waals surface area contributed by atoms with E-state index in [0.717, 1.165) is 9.13 Å². The molecule has 0 fully saturated rings. The van der Waals surface area contributed by atoms with Gasteiger partial charge in [0.2, 0.25) is 6.67 Å². The molecule has 0 spiro atoms. The highest BCUT2D eigenvalue weighted by Gasteiger charge is 2.24. The van der Waals surface area contributed by atoms with Gasteiger partial charge in [-0.15, -0.1) is 0 Å². The molecule has 0 saturated heterocycles. The van der Waals surface area contributed by atoms with Crippen LogP contribution >= 0.6 is 22.6 Å². The third-order valence-electron chi connectivity index (χ3n) is 3.64. The van der Waals surface area contributed by atoms with Gasteiger partial charge in [-0.2, -0.15) is 8.97 Å².